The lowest BCUT2D eigenvalue weighted by molar-refractivity contribution is -0.141. The Morgan fingerprint density at radius 3 is 2.54 bits per heavy atom. The molecular weight excluding hydrogens is 207 g/mol. The average molecular weight is 212 g/mol. The van der Waals surface area contributed by atoms with Crippen LogP contribution in [-0.4, -0.2) is 12.1 Å². The molecule has 0 aliphatic rings. The number of hydrogen-bond donors (Lipinski definition) is 0. The van der Waals surface area contributed by atoms with Crippen LogP contribution < -0.4 is 4.74 Å². The van der Waals surface area contributed by atoms with Gasteiger partial charge in [0.1, 0.15) is 10.8 Å². The highest BCUT2D eigenvalue weighted by atomic mass is 35.5. The van der Waals surface area contributed by atoms with E-state index in [1.807, 2.05) is 0 Å². The summed E-state index contributed by atoms with van der Waals surface area (Å²) in [5, 5.41) is -0.516. The van der Waals surface area contributed by atoms with Gasteiger partial charge in [0.2, 0.25) is 0 Å². The molecule has 2 nitrogen and oxygen atoms in total. The van der Waals surface area contributed by atoms with Gasteiger partial charge in [0.05, 0.1) is 7.11 Å². The fourth-order valence-electron chi connectivity index (χ4n) is 0.781. The van der Waals surface area contributed by atoms with E-state index in [0.29, 0.717) is 0 Å². The molecule has 0 bridgehead atoms. The lowest BCUT2D eigenvalue weighted by Gasteiger charge is -2.09. The fourth-order valence-corrected chi connectivity index (χ4v) is 1.08. The van der Waals surface area contributed by atoms with Gasteiger partial charge >= 0.3 is 6.18 Å². The molecule has 0 radical (unpaired) electrons. The van der Waals surface area contributed by atoms with Gasteiger partial charge in [-0.3, -0.25) is 4.98 Å². The van der Waals surface area contributed by atoms with Crippen LogP contribution in [0.3, 0.4) is 0 Å². The third-order valence-electron chi connectivity index (χ3n) is 1.34. The molecule has 1 heterocycles. The van der Waals surface area contributed by atoms with E-state index in [9.17, 15) is 13.2 Å². The zero-order valence-electron chi connectivity index (χ0n) is 6.52. The molecule has 0 spiro atoms. The summed E-state index contributed by atoms with van der Waals surface area (Å²) in [6, 6.07) is 1.26. The van der Waals surface area contributed by atoms with Gasteiger partial charge in [-0.05, 0) is 0 Å². The number of ether oxygens (including phenoxy) is 1. The third-order valence-corrected chi connectivity index (χ3v) is 1.71. The topological polar surface area (TPSA) is 22.1 Å². The van der Waals surface area contributed by atoms with Crippen LogP contribution in [0.2, 0.25) is 5.02 Å². The lowest BCUT2D eigenvalue weighted by Crippen LogP contribution is -2.09. The summed E-state index contributed by atoms with van der Waals surface area (Å²) < 4.78 is 41.1. The molecule has 13 heavy (non-hydrogen) atoms. The van der Waals surface area contributed by atoms with E-state index in [0.717, 1.165) is 6.20 Å². The van der Waals surface area contributed by atoms with Crippen LogP contribution in [-0.2, 0) is 6.18 Å². The van der Waals surface area contributed by atoms with Gasteiger partial charge in [-0.2, -0.15) is 13.2 Å². The first-order valence-corrected chi connectivity index (χ1v) is 3.60. The summed E-state index contributed by atoms with van der Waals surface area (Å²) in [6.07, 6.45) is -3.56. The molecule has 0 aliphatic heterocycles. The van der Waals surface area contributed by atoms with E-state index in [-0.39, 0.29) is 5.75 Å². The van der Waals surface area contributed by atoms with Crippen molar-refractivity contribution < 1.29 is 17.9 Å². The number of methoxy groups -OCH3 is 1. The quantitative estimate of drug-likeness (QED) is 0.713. The minimum atomic E-state index is -4.55. The van der Waals surface area contributed by atoms with Crippen molar-refractivity contribution >= 4 is 11.6 Å². The molecule has 0 saturated carbocycles. The van der Waals surface area contributed by atoms with Gasteiger partial charge in [-0.25, -0.2) is 0 Å². The Bertz CT molecular complexity index is 313. The third kappa shape index (κ3) is 2.03. The highest BCUT2D eigenvalue weighted by Gasteiger charge is 2.36. The van der Waals surface area contributed by atoms with E-state index in [1.165, 1.54) is 13.2 Å². The Balaban J connectivity index is 3.24. The number of nitrogens with zero attached hydrogens (tertiary/aromatic N) is 1. The van der Waals surface area contributed by atoms with Crippen molar-refractivity contribution in [3.63, 3.8) is 0 Å². The molecule has 0 unspecified atom stereocenters. The van der Waals surface area contributed by atoms with Gasteiger partial charge in [0.25, 0.3) is 0 Å². The number of rotatable bonds is 1. The average Bonchev–Trinajstić information content (AvgIpc) is 2.02. The van der Waals surface area contributed by atoms with Crippen LogP contribution in [0.15, 0.2) is 12.3 Å². The van der Waals surface area contributed by atoms with Crippen molar-refractivity contribution in [2.45, 2.75) is 6.18 Å². The summed E-state index contributed by atoms with van der Waals surface area (Å²) in [5.74, 6) is -0.0380. The van der Waals surface area contributed by atoms with Gasteiger partial charge in [0.15, 0.2) is 5.69 Å². The summed E-state index contributed by atoms with van der Waals surface area (Å²) in [5.41, 5.74) is -1.13. The maximum atomic E-state index is 12.2. The summed E-state index contributed by atoms with van der Waals surface area (Å²) in [7, 11) is 1.24. The summed E-state index contributed by atoms with van der Waals surface area (Å²) in [6.45, 7) is 0. The molecule has 1 aromatic heterocycles. The Morgan fingerprint density at radius 1 is 1.46 bits per heavy atom. The Labute approximate surface area is 77.3 Å². The molecule has 0 amide bonds. The van der Waals surface area contributed by atoms with Gasteiger partial charge in [-0.1, -0.05) is 11.6 Å². The number of aromatic nitrogens is 1. The molecule has 72 valence electrons. The molecule has 0 aliphatic carbocycles. The first kappa shape index (κ1) is 10.1. The van der Waals surface area contributed by atoms with Crippen LogP contribution in [0.4, 0.5) is 13.2 Å². The summed E-state index contributed by atoms with van der Waals surface area (Å²) >= 11 is 5.39. The monoisotopic (exact) mass is 211 g/mol. The maximum absolute atomic E-state index is 12.2. The predicted octanol–water partition coefficient (Wildman–Crippen LogP) is 2.76. The van der Waals surface area contributed by atoms with E-state index < -0.39 is 16.9 Å². The van der Waals surface area contributed by atoms with Crippen LogP contribution in [0.25, 0.3) is 0 Å². The Hall–Kier alpha value is -0.970. The second-order valence-corrected chi connectivity index (χ2v) is 2.55. The van der Waals surface area contributed by atoms with E-state index in [1.54, 1.807) is 0 Å². The zero-order chi connectivity index (χ0) is 10.1. The molecule has 0 aromatic carbocycles. The van der Waals surface area contributed by atoms with Gasteiger partial charge in [0, 0.05) is 12.3 Å². The van der Waals surface area contributed by atoms with E-state index >= 15 is 0 Å². The molecule has 0 saturated heterocycles. The molecular formula is C7H5ClF3NO. The SMILES string of the molecule is COc1ccnc(C(F)(F)F)c1Cl. The second kappa shape index (κ2) is 3.41. The number of halogens is 4. The maximum Gasteiger partial charge on any atom is 0.434 e. The molecule has 0 atom stereocenters. The standard InChI is InChI=1S/C7H5ClF3NO/c1-13-4-2-3-12-6(5(4)8)7(9,10)11/h2-3H,1H3. The first-order chi connectivity index (χ1) is 5.96. The van der Waals surface area contributed by atoms with Crippen molar-refractivity contribution in [2.75, 3.05) is 7.11 Å². The number of pyridine rings is 1. The van der Waals surface area contributed by atoms with Gasteiger partial charge in [-0.15, -0.1) is 0 Å². The summed E-state index contributed by atoms with van der Waals surface area (Å²) in [4.78, 5) is 3.12. The van der Waals surface area contributed by atoms with Crippen molar-refractivity contribution in [1.82, 2.24) is 4.98 Å². The lowest BCUT2D eigenvalue weighted by atomic mass is 10.3. The molecule has 0 N–H and O–H groups in total. The smallest absolute Gasteiger partial charge is 0.434 e. The van der Waals surface area contributed by atoms with Crippen molar-refractivity contribution in [2.24, 2.45) is 0 Å². The molecule has 0 fully saturated rings. The Kier molecular flexibility index (Phi) is 2.66. The minimum Gasteiger partial charge on any atom is -0.495 e. The largest absolute Gasteiger partial charge is 0.495 e. The zero-order valence-corrected chi connectivity index (χ0v) is 7.28. The minimum absolute atomic E-state index is 0.0380. The van der Waals surface area contributed by atoms with Crippen LogP contribution >= 0.6 is 11.6 Å². The van der Waals surface area contributed by atoms with E-state index in [2.05, 4.69) is 9.72 Å². The molecule has 1 aromatic rings. The predicted molar refractivity (Wildman–Crippen MR) is 40.8 cm³/mol. The van der Waals surface area contributed by atoms with Crippen molar-refractivity contribution in [1.29, 1.82) is 0 Å². The highest BCUT2D eigenvalue weighted by molar-refractivity contribution is 6.32. The Morgan fingerprint density at radius 2 is 2.08 bits per heavy atom. The van der Waals surface area contributed by atoms with E-state index in [4.69, 9.17) is 11.6 Å². The second-order valence-electron chi connectivity index (χ2n) is 2.17. The van der Waals surface area contributed by atoms with Crippen molar-refractivity contribution in [3.8, 4) is 5.75 Å². The molecule has 1 rings (SSSR count). The van der Waals surface area contributed by atoms with Crippen molar-refractivity contribution in [3.05, 3.63) is 23.0 Å². The number of hydrogen-bond acceptors (Lipinski definition) is 2. The normalized spacial score (nSPS) is 11.5. The van der Waals surface area contributed by atoms with Crippen LogP contribution in [0.1, 0.15) is 5.69 Å². The van der Waals surface area contributed by atoms with Gasteiger partial charge < -0.3 is 4.74 Å². The first-order valence-electron chi connectivity index (χ1n) is 3.22. The molecule has 6 heteroatoms. The van der Waals surface area contributed by atoms with Crippen LogP contribution in [0, 0.1) is 0 Å². The number of alkyl halides is 3. The highest BCUT2D eigenvalue weighted by Crippen LogP contribution is 2.37. The van der Waals surface area contributed by atoms with Crippen LogP contribution in [0.5, 0.6) is 5.75 Å². The fraction of sp³-hybridized carbons (Fsp3) is 0.286.